The number of ether oxygens (including phenoxy) is 1. The van der Waals surface area contributed by atoms with E-state index in [4.69, 9.17) is 16.3 Å². The molecule has 1 aliphatic rings. The van der Waals surface area contributed by atoms with Crippen molar-refractivity contribution in [2.75, 3.05) is 18.5 Å². The number of anilines is 1. The number of carbonyl (C=O) groups excluding carboxylic acids is 2. The van der Waals surface area contributed by atoms with Crippen molar-refractivity contribution in [3.8, 4) is 0 Å². The number of nitrogens with zero attached hydrogens (tertiary/aromatic N) is 1. The van der Waals surface area contributed by atoms with E-state index in [2.05, 4.69) is 15.6 Å². The predicted octanol–water partition coefficient (Wildman–Crippen LogP) is 3.20. The summed E-state index contributed by atoms with van der Waals surface area (Å²) >= 11 is 6.07. The summed E-state index contributed by atoms with van der Waals surface area (Å²) in [5.41, 5.74) is 2.14. The molecule has 2 aromatic rings. The molecule has 7 heteroatoms. The zero-order chi connectivity index (χ0) is 18.5. The van der Waals surface area contributed by atoms with E-state index in [0.29, 0.717) is 28.4 Å². The topological polar surface area (TPSA) is 80.3 Å². The number of hydrogen-bond acceptors (Lipinski definition) is 4. The first kappa shape index (κ1) is 18.4. The highest BCUT2D eigenvalue weighted by molar-refractivity contribution is 6.31. The number of pyridine rings is 1. The molecule has 26 heavy (non-hydrogen) atoms. The number of rotatable bonds is 5. The smallest absolute Gasteiger partial charge is 0.257 e. The Hall–Kier alpha value is -2.44. The molecule has 1 unspecified atom stereocenters. The van der Waals surface area contributed by atoms with Crippen LogP contribution in [0.3, 0.4) is 0 Å². The standard InChI is InChI=1S/C19H20ClN3O3/c1-12-4-5-15(8-17(12)20)23-19(25)14-7-13(9-21-10-14)18(24)22-11-16-3-2-6-26-16/h4-5,7-10,16H,2-3,6,11H2,1H3,(H,22,24)(H,23,25). The Morgan fingerprint density at radius 2 is 2.00 bits per heavy atom. The molecule has 0 saturated carbocycles. The van der Waals surface area contributed by atoms with Crippen molar-refractivity contribution >= 4 is 29.1 Å². The molecule has 2 heterocycles. The van der Waals surface area contributed by atoms with E-state index in [1.54, 1.807) is 12.1 Å². The van der Waals surface area contributed by atoms with Crippen LogP contribution in [-0.2, 0) is 4.74 Å². The van der Waals surface area contributed by atoms with Gasteiger partial charge in [0.1, 0.15) is 0 Å². The summed E-state index contributed by atoms with van der Waals surface area (Å²) in [4.78, 5) is 28.7. The number of nitrogens with one attached hydrogen (secondary N) is 2. The fraction of sp³-hybridized carbons (Fsp3) is 0.316. The number of halogens is 1. The van der Waals surface area contributed by atoms with E-state index < -0.39 is 0 Å². The first-order valence-corrected chi connectivity index (χ1v) is 8.83. The maximum absolute atomic E-state index is 12.4. The summed E-state index contributed by atoms with van der Waals surface area (Å²) in [6, 6.07) is 6.79. The van der Waals surface area contributed by atoms with Crippen molar-refractivity contribution in [1.82, 2.24) is 10.3 Å². The Balaban J connectivity index is 1.64. The molecule has 2 N–H and O–H groups in total. The first-order valence-electron chi connectivity index (χ1n) is 8.45. The summed E-state index contributed by atoms with van der Waals surface area (Å²) in [5.74, 6) is -0.632. The van der Waals surface area contributed by atoms with E-state index >= 15 is 0 Å². The molecule has 136 valence electrons. The van der Waals surface area contributed by atoms with Gasteiger partial charge in [-0.1, -0.05) is 17.7 Å². The lowest BCUT2D eigenvalue weighted by molar-refractivity contribution is 0.0857. The van der Waals surface area contributed by atoms with E-state index in [-0.39, 0.29) is 17.9 Å². The number of hydrogen-bond donors (Lipinski definition) is 2. The molecule has 6 nitrogen and oxygen atoms in total. The second-order valence-electron chi connectivity index (χ2n) is 6.23. The van der Waals surface area contributed by atoms with Crippen molar-refractivity contribution in [3.05, 3.63) is 58.4 Å². The van der Waals surface area contributed by atoms with Gasteiger partial charge in [0.05, 0.1) is 17.2 Å². The van der Waals surface area contributed by atoms with Crippen LogP contribution in [0.25, 0.3) is 0 Å². The fourth-order valence-corrected chi connectivity index (χ4v) is 2.86. The monoisotopic (exact) mass is 373 g/mol. The van der Waals surface area contributed by atoms with Gasteiger partial charge in [0, 0.05) is 36.3 Å². The highest BCUT2D eigenvalue weighted by Crippen LogP contribution is 2.20. The Kier molecular flexibility index (Phi) is 5.85. The van der Waals surface area contributed by atoms with Crippen molar-refractivity contribution in [2.45, 2.75) is 25.9 Å². The normalized spacial score (nSPS) is 16.3. The maximum atomic E-state index is 12.4. The second kappa shape index (κ2) is 8.29. The van der Waals surface area contributed by atoms with Crippen molar-refractivity contribution in [2.24, 2.45) is 0 Å². The molecule has 1 aromatic carbocycles. The molecule has 2 amide bonds. The number of carbonyl (C=O) groups is 2. The van der Waals surface area contributed by atoms with Crippen LogP contribution in [0.4, 0.5) is 5.69 Å². The Bertz CT molecular complexity index is 819. The van der Waals surface area contributed by atoms with Crippen LogP contribution >= 0.6 is 11.6 Å². The van der Waals surface area contributed by atoms with Crippen LogP contribution < -0.4 is 10.6 Å². The third kappa shape index (κ3) is 4.59. The maximum Gasteiger partial charge on any atom is 0.257 e. The highest BCUT2D eigenvalue weighted by Gasteiger charge is 2.17. The van der Waals surface area contributed by atoms with Crippen LogP contribution in [0.2, 0.25) is 5.02 Å². The minimum absolute atomic E-state index is 0.0599. The molecule has 3 rings (SSSR count). The Morgan fingerprint density at radius 3 is 2.69 bits per heavy atom. The Labute approximate surface area is 156 Å². The summed E-state index contributed by atoms with van der Waals surface area (Å²) in [7, 11) is 0. The zero-order valence-corrected chi connectivity index (χ0v) is 15.2. The van der Waals surface area contributed by atoms with Gasteiger partial charge in [0.15, 0.2) is 0 Å². The van der Waals surface area contributed by atoms with Gasteiger partial charge in [-0.3, -0.25) is 14.6 Å². The molecule has 0 aliphatic carbocycles. The van der Waals surface area contributed by atoms with Gasteiger partial charge in [0.2, 0.25) is 0 Å². The molecule has 1 fully saturated rings. The lowest BCUT2D eigenvalue weighted by Gasteiger charge is -2.11. The van der Waals surface area contributed by atoms with Crippen molar-refractivity contribution in [1.29, 1.82) is 0 Å². The molecular weight excluding hydrogens is 354 g/mol. The SMILES string of the molecule is Cc1ccc(NC(=O)c2cncc(C(=O)NCC3CCCO3)c2)cc1Cl. The van der Waals surface area contributed by atoms with Gasteiger partial charge in [-0.25, -0.2) is 0 Å². The molecule has 1 atom stereocenters. The van der Waals surface area contributed by atoms with Crippen LogP contribution in [0.5, 0.6) is 0 Å². The zero-order valence-electron chi connectivity index (χ0n) is 14.4. The van der Waals surface area contributed by atoms with E-state index in [9.17, 15) is 9.59 Å². The van der Waals surface area contributed by atoms with Gasteiger partial charge >= 0.3 is 0 Å². The predicted molar refractivity (Wildman–Crippen MR) is 99.7 cm³/mol. The molecule has 0 spiro atoms. The van der Waals surface area contributed by atoms with Crippen LogP contribution in [0.15, 0.2) is 36.7 Å². The molecule has 0 radical (unpaired) electrons. The first-order chi connectivity index (χ1) is 12.5. The third-order valence-electron chi connectivity index (χ3n) is 4.21. The quantitative estimate of drug-likeness (QED) is 0.843. The Morgan fingerprint density at radius 1 is 1.23 bits per heavy atom. The van der Waals surface area contributed by atoms with Gasteiger partial charge in [-0.15, -0.1) is 0 Å². The third-order valence-corrected chi connectivity index (χ3v) is 4.61. The number of benzene rings is 1. The summed E-state index contributed by atoms with van der Waals surface area (Å²) in [6.07, 6.45) is 4.87. The molecule has 1 aliphatic heterocycles. The van der Waals surface area contributed by atoms with Gasteiger partial charge in [0.25, 0.3) is 11.8 Å². The van der Waals surface area contributed by atoms with Gasteiger partial charge in [-0.05, 0) is 43.5 Å². The van der Waals surface area contributed by atoms with Crippen LogP contribution in [0.1, 0.15) is 39.1 Å². The molecule has 0 bridgehead atoms. The lowest BCUT2D eigenvalue weighted by atomic mass is 10.1. The molecular formula is C19H20ClN3O3. The average molecular weight is 374 g/mol. The number of aromatic nitrogens is 1. The van der Waals surface area contributed by atoms with Crippen LogP contribution in [-0.4, -0.2) is 36.1 Å². The molecule has 1 saturated heterocycles. The summed E-state index contributed by atoms with van der Waals surface area (Å²) in [5, 5.41) is 6.14. The summed E-state index contributed by atoms with van der Waals surface area (Å²) < 4.78 is 5.48. The van der Waals surface area contributed by atoms with Gasteiger partial charge in [-0.2, -0.15) is 0 Å². The minimum atomic E-state index is -0.355. The number of amides is 2. The van der Waals surface area contributed by atoms with E-state index in [0.717, 1.165) is 25.0 Å². The largest absolute Gasteiger partial charge is 0.376 e. The van der Waals surface area contributed by atoms with Crippen molar-refractivity contribution < 1.29 is 14.3 Å². The van der Waals surface area contributed by atoms with Gasteiger partial charge < -0.3 is 15.4 Å². The summed E-state index contributed by atoms with van der Waals surface area (Å²) in [6.45, 7) is 3.08. The van der Waals surface area contributed by atoms with E-state index in [1.807, 2.05) is 13.0 Å². The number of aryl methyl sites for hydroxylation is 1. The van der Waals surface area contributed by atoms with Crippen molar-refractivity contribution in [3.63, 3.8) is 0 Å². The fourth-order valence-electron chi connectivity index (χ4n) is 2.68. The minimum Gasteiger partial charge on any atom is -0.376 e. The molecule has 1 aromatic heterocycles. The van der Waals surface area contributed by atoms with E-state index in [1.165, 1.54) is 18.5 Å². The average Bonchev–Trinajstić information content (AvgIpc) is 3.16. The lowest BCUT2D eigenvalue weighted by Crippen LogP contribution is -2.32. The van der Waals surface area contributed by atoms with Crippen LogP contribution in [0, 0.1) is 6.92 Å². The highest BCUT2D eigenvalue weighted by atomic mass is 35.5. The second-order valence-corrected chi connectivity index (χ2v) is 6.63.